The summed E-state index contributed by atoms with van der Waals surface area (Å²) in [5.41, 5.74) is 2.79. The van der Waals surface area contributed by atoms with Crippen LogP contribution in [0, 0.1) is 0 Å². The maximum Gasteiger partial charge on any atom is 0.331 e. The normalized spacial score (nSPS) is 16.9. The van der Waals surface area contributed by atoms with Crippen LogP contribution in [-0.4, -0.2) is 31.1 Å². The van der Waals surface area contributed by atoms with Gasteiger partial charge in [0.05, 0.1) is 7.11 Å². The molecule has 5 nitrogen and oxygen atoms in total. The van der Waals surface area contributed by atoms with E-state index in [9.17, 15) is 9.59 Å². The van der Waals surface area contributed by atoms with Gasteiger partial charge in [-0.25, -0.2) is 4.79 Å². The van der Waals surface area contributed by atoms with Gasteiger partial charge in [-0.1, -0.05) is 36.4 Å². The number of carbonyl (C=O) groups is 2. The smallest absolute Gasteiger partial charge is 0.331 e. The van der Waals surface area contributed by atoms with Gasteiger partial charge < -0.3 is 14.4 Å². The number of anilines is 1. The molecule has 0 aromatic heterocycles. The summed E-state index contributed by atoms with van der Waals surface area (Å²) >= 11 is 0. The quantitative estimate of drug-likeness (QED) is 0.600. The summed E-state index contributed by atoms with van der Waals surface area (Å²) in [4.78, 5) is 26.7. The van der Waals surface area contributed by atoms with Crippen LogP contribution in [0.5, 0.6) is 5.75 Å². The zero-order chi connectivity index (χ0) is 19.4. The van der Waals surface area contributed by atoms with E-state index in [0.717, 1.165) is 23.2 Å². The number of hydrogen-bond donors (Lipinski definition) is 0. The SMILES string of the molecule is COc1ccccc1/C=C/C(=O)O[C@@H](C)C(=O)N1c2ccccc2C[C@H]1C. The number of benzene rings is 2. The van der Waals surface area contributed by atoms with E-state index in [1.165, 1.54) is 6.08 Å². The molecule has 0 bridgehead atoms. The van der Waals surface area contributed by atoms with Crippen molar-refractivity contribution in [3.63, 3.8) is 0 Å². The van der Waals surface area contributed by atoms with Crippen molar-refractivity contribution >= 4 is 23.6 Å². The van der Waals surface area contributed by atoms with E-state index in [-0.39, 0.29) is 11.9 Å². The van der Waals surface area contributed by atoms with Gasteiger partial charge in [0.25, 0.3) is 5.91 Å². The molecule has 5 heteroatoms. The Balaban J connectivity index is 1.66. The highest BCUT2D eigenvalue weighted by Crippen LogP contribution is 2.32. The number of hydrogen-bond acceptors (Lipinski definition) is 4. The molecule has 0 saturated heterocycles. The van der Waals surface area contributed by atoms with Crippen molar-refractivity contribution in [3.8, 4) is 5.75 Å². The summed E-state index contributed by atoms with van der Waals surface area (Å²) < 4.78 is 10.6. The average molecular weight is 365 g/mol. The second kappa shape index (κ2) is 8.08. The largest absolute Gasteiger partial charge is 0.496 e. The van der Waals surface area contributed by atoms with Crippen LogP contribution in [0.1, 0.15) is 25.0 Å². The molecule has 0 spiro atoms. The van der Waals surface area contributed by atoms with Crippen molar-refractivity contribution in [2.24, 2.45) is 0 Å². The number of amides is 1. The first-order valence-corrected chi connectivity index (χ1v) is 8.94. The lowest BCUT2D eigenvalue weighted by molar-refractivity contribution is -0.149. The molecule has 0 unspecified atom stereocenters. The van der Waals surface area contributed by atoms with Gasteiger partial charge in [-0.15, -0.1) is 0 Å². The van der Waals surface area contributed by atoms with Crippen LogP contribution < -0.4 is 9.64 Å². The molecule has 1 aliphatic heterocycles. The maximum absolute atomic E-state index is 12.8. The number of fused-ring (bicyclic) bond motifs is 1. The van der Waals surface area contributed by atoms with Crippen molar-refractivity contribution < 1.29 is 19.1 Å². The van der Waals surface area contributed by atoms with Gasteiger partial charge in [-0.05, 0) is 44.0 Å². The maximum atomic E-state index is 12.8. The predicted molar refractivity (Wildman–Crippen MR) is 105 cm³/mol. The zero-order valence-electron chi connectivity index (χ0n) is 15.7. The fraction of sp³-hybridized carbons (Fsp3) is 0.273. The molecule has 1 amide bonds. The van der Waals surface area contributed by atoms with Crippen LogP contribution in [0.15, 0.2) is 54.6 Å². The minimum Gasteiger partial charge on any atom is -0.496 e. The third-order valence-corrected chi connectivity index (χ3v) is 4.62. The molecule has 1 aliphatic rings. The zero-order valence-corrected chi connectivity index (χ0v) is 15.7. The van der Waals surface area contributed by atoms with E-state index >= 15 is 0 Å². The molecule has 140 valence electrons. The van der Waals surface area contributed by atoms with Gasteiger partial charge in [-0.2, -0.15) is 0 Å². The monoisotopic (exact) mass is 365 g/mol. The predicted octanol–water partition coefficient (Wildman–Crippen LogP) is 3.62. The van der Waals surface area contributed by atoms with Crippen LogP contribution in [0.4, 0.5) is 5.69 Å². The van der Waals surface area contributed by atoms with Crippen LogP contribution in [0.2, 0.25) is 0 Å². The number of esters is 1. The number of methoxy groups -OCH3 is 1. The van der Waals surface area contributed by atoms with Crippen LogP contribution in [0.3, 0.4) is 0 Å². The van der Waals surface area contributed by atoms with Gasteiger partial charge in [0.1, 0.15) is 5.75 Å². The van der Waals surface area contributed by atoms with E-state index in [0.29, 0.717) is 5.75 Å². The molecule has 3 rings (SSSR count). The minimum atomic E-state index is -0.867. The first kappa shape index (κ1) is 18.7. The number of carbonyl (C=O) groups excluding carboxylic acids is 2. The molecule has 1 heterocycles. The summed E-state index contributed by atoms with van der Waals surface area (Å²) in [6.07, 6.45) is 2.86. The third-order valence-electron chi connectivity index (χ3n) is 4.62. The Morgan fingerprint density at radius 2 is 1.85 bits per heavy atom. The van der Waals surface area contributed by atoms with Gasteiger partial charge in [0, 0.05) is 23.4 Å². The highest BCUT2D eigenvalue weighted by atomic mass is 16.5. The summed E-state index contributed by atoms with van der Waals surface area (Å²) in [5.74, 6) is -0.124. The van der Waals surface area contributed by atoms with Gasteiger partial charge in [-0.3, -0.25) is 4.79 Å². The summed E-state index contributed by atoms with van der Waals surface area (Å²) in [6.45, 7) is 3.60. The Morgan fingerprint density at radius 1 is 1.15 bits per heavy atom. The lowest BCUT2D eigenvalue weighted by Crippen LogP contribution is -2.43. The van der Waals surface area contributed by atoms with Crippen LogP contribution >= 0.6 is 0 Å². The van der Waals surface area contributed by atoms with Crippen molar-refractivity contribution in [1.82, 2.24) is 0 Å². The number of ether oxygens (including phenoxy) is 2. The van der Waals surface area contributed by atoms with E-state index in [1.807, 2.05) is 55.5 Å². The standard InChI is InChI=1S/C22H23NO4/c1-15-14-18-9-4-6-10-19(18)23(15)22(25)16(2)27-21(24)13-12-17-8-5-7-11-20(17)26-3/h4-13,15-16H,14H2,1-3H3/b13-12+/t15-,16+/m1/s1. The molecule has 0 N–H and O–H groups in total. The molecule has 2 aromatic rings. The Bertz CT molecular complexity index is 874. The van der Waals surface area contributed by atoms with Crippen molar-refractivity contribution in [2.75, 3.05) is 12.0 Å². The Labute approximate surface area is 159 Å². The van der Waals surface area contributed by atoms with Crippen molar-refractivity contribution in [2.45, 2.75) is 32.4 Å². The van der Waals surface area contributed by atoms with Gasteiger partial charge >= 0.3 is 5.97 Å². The van der Waals surface area contributed by atoms with E-state index < -0.39 is 12.1 Å². The Kier molecular flexibility index (Phi) is 5.60. The number of rotatable bonds is 5. The van der Waals surface area contributed by atoms with E-state index in [1.54, 1.807) is 25.0 Å². The summed E-state index contributed by atoms with van der Waals surface area (Å²) in [7, 11) is 1.57. The molecule has 0 radical (unpaired) electrons. The number of para-hydroxylation sites is 2. The van der Waals surface area contributed by atoms with Crippen LogP contribution in [0.25, 0.3) is 6.08 Å². The molecule has 27 heavy (non-hydrogen) atoms. The van der Waals surface area contributed by atoms with E-state index in [2.05, 4.69) is 0 Å². The minimum absolute atomic E-state index is 0.0418. The topological polar surface area (TPSA) is 55.8 Å². The van der Waals surface area contributed by atoms with Crippen molar-refractivity contribution in [1.29, 1.82) is 0 Å². The number of nitrogens with zero attached hydrogens (tertiary/aromatic N) is 1. The van der Waals surface area contributed by atoms with Gasteiger partial charge in [0.2, 0.25) is 0 Å². The van der Waals surface area contributed by atoms with Crippen molar-refractivity contribution in [3.05, 3.63) is 65.7 Å². The highest BCUT2D eigenvalue weighted by Gasteiger charge is 2.34. The molecule has 0 aliphatic carbocycles. The molecule has 0 fully saturated rings. The highest BCUT2D eigenvalue weighted by molar-refractivity contribution is 6.00. The molecular weight excluding hydrogens is 342 g/mol. The molecule has 2 atom stereocenters. The van der Waals surface area contributed by atoms with Crippen LogP contribution in [-0.2, 0) is 20.7 Å². The third kappa shape index (κ3) is 4.03. The van der Waals surface area contributed by atoms with E-state index in [4.69, 9.17) is 9.47 Å². The lowest BCUT2D eigenvalue weighted by atomic mass is 10.1. The second-order valence-electron chi connectivity index (χ2n) is 6.54. The first-order valence-electron chi connectivity index (χ1n) is 8.94. The Hall–Kier alpha value is -3.08. The molecule has 2 aromatic carbocycles. The fourth-order valence-electron chi connectivity index (χ4n) is 3.32. The lowest BCUT2D eigenvalue weighted by Gasteiger charge is -2.25. The summed E-state index contributed by atoms with van der Waals surface area (Å²) in [6, 6.07) is 15.2. The average Bonchev–Trinajstić information content (AvgIpc) is 3.01. The molecular formula is C22H23NO4. The van der Waals surface area contributed by atoms with Gasteiger partial charge in [0.15, 0.2) is 6.10 Å². The fourth-order valence-corrected chi connectivity index (χ4v) is 3.32. The second-order valence-corrected chi connectivity index (χ2v) is 6.54. The first-order chi connectivity index (χ1) is 13.0. The Morgan fingerprint density at radius 3 is 2.63 bits per heavy atom. The molecule has 0 saturated carbocycles. The summed E-state index contributed by atoms with van der Waals surface area (Å²) in [5, 5.41) is 0.